The lowest BCUT2D eigenvalue weighted by Gasteiger charge is -2.08. The summed E-state index contributed by atoms with van der Waals surface area (Å²) in [7, 11) is -3.77. The smallest absolute Gasteiger partial charge is 0.267 e. The van der Waals surface area contributed by atoms with E-state index in [4.69, 9.17) is 5.73 Å². The molecule has 3 aromatic rings. The van der Waals surface area contributed by atoms with Gasteiger partial charge in [-0.15, -0.1) is 11.3 Å². The van der Waals surface area contributed by atoms with Crippen LogP contribution in [-0.4, -0.2) is 23.6 Å². The number of H-pyrrole nitrogens is 1. The standard InChI is InChI=1S/C12H11N5O2S2/c13-11-10(7-15-16-11)21(18,19)17-9-3-1-2-8(6-9)12-14-4-5-20-12/h1-7,17H,(H3,13,15,16). The van der Waals surface area contributed by atoms with E-state index in [1.165, 1.54) is 17.5 Å². The molecule has 2 aromatic heterocycles. The van der Waals surface area contributed by atoms with E-state index in [9.17, 15) is 8.42 Å². The first-order chi connectivity index (χ1) is 10.1. The number of nitrogens with two attached hydrogens (primary N) is 1. The van der Waals surface area contributed by atoms with Crippen LogP contribution in [0.2, 0.25) is 0 Å². The van der Waals surface area contributed by atoms with Crippen LogP contribution >= 0.6 is 11.3 Å². The van der Waals surface area contributed by atoms with Crippen molar-refractivity contribution >= 4 is 32.9 Å². The lowest BCUT2D eigenvalue weighted by Crippen LogP contribution is -2.13. The fourth-order valence-electron chi connectivity index (χ4n) is 1.79. The molecule has 3 rings (SSSR count). The summed E-state index contributed by atoms with van der Waals surface area (Å²) in [5.74, 6) is -0.00132. The van der Waals surface area contributed by atoms with Crippen LogP contribution in [-0.2, 0) is 10.0 Å². The van der Waals surface area contributed by atoms with Gasteiger partial charge in [0.05, 0.1) is 6.20 Å². The monoisotopic (exact) mass is 321 g/mol. The molecule has 2 heterocycles. The summed E-state index contributed by atoms with van der Waals surface area (Å²) < 4.78 is 26.9. The van der Waals surface area contributed by atoms with Crippen molar-refractivity contribution in [3.8, 4) is 10.6 Å². The van der Waals surface area contributed by atoms with Gasteiger partial charge >= 0.3 is 0 Å². The Morgan fingerprint density at radius 1 is 1.33 bits per heavy atom. The zero-order valence-electron chi connectivity index (χ0n) is 10.6. The Morgan fingerprint density at radius 3 is 2.86 bits per heavy atom. The van der Waals surface area contributed by atoms with Crippen molar-refractivity contribution < 1.29 is 8.42 Å². The number of sulfonamides is 1. The molecular formula is C12H11N5O2S2. The summed E-state index contributed by atoms with van der Waals surface area (Å²) in [5, 5.41) is 8.68. The molecule has 0 unspecified atom stereocenters. The van der Waals surface area contributed by atoms with Crippen LogP contribution in [0.4, 0.5) is 11.5 Å². The molecule has 1 aromatic carbocycles. The number of hydrogen-bond donors (Lipinski definition) is 3. The van der Waals surface area contributed by atoms with E-state index >= 15 is 0 Å². The summed E-state index contributed by atoms with van der Waals surface area (Å²) in [6.07, 6.45) is 2.87. The molecule has 0 aliphatic rings. The van der Waals surface area contributed by atoms with Crippen molar-refractivity contribution in [3.63, 3.8) is 0 Å². The van der Waals surface area contributed by atoms with Crippen LogP contribution in [0.15, 0.2) is 46.9 Å². The lowest BCUT2D eigenvalue weighted by molar-refractivity contribution is 0.601. The van der Waals surface area contributed by atoms with E-state index in [2.05, 4.69) is 19.9 Å². The van der Waals surface area contributed by atoms with Crippen LogP contribution in [0.1, 0.15) is 0 Å². The molecule has 0 bridgehead atoms. The maximum Gasteiger partial charge on any atom is 0.267 e. The van der Waals surface area contributed by atoms with E-state index in [0.717, 1.165) is 10.6 Å². The largest absolute Gasteiger partial charge is 0.383 e. The van der Waals surface area contributed by atoms with Crippen molar-refractivity contribution in [2.75, 3.05) is 10.5 Å². The number of aromatic amines is 1. The van der Waals surface area contributed by atoms with Crippen LogP contribution in [0.5, 0.6) is 0 Å². The molecule has 0 fully saturated rings. The maximum atomic E-state index is 12.2. The van der Waals surface area contributed by atoms with Crippen LogP contribution in [0.3, 0.4) is 0 Å². The van der Waals surface area contributed by atoms with Gasteiger partial charge in [0, 0.05) is 22.8 Å². The van der Waals surface area contributed by atoms with Gasteiger partial charge in [-0.2, -0.15) is 5.10 Å². The summed E-state index contributed by atoms with van der Waals surface area (Å²) >= 11 is 1.48. The molecule has 4 N–H and O–H groups in total. The van der Waals surface area contributed by atoms with Crippen molar-refractivity contribution in [3.05, 3.63) is 42.0 Å². The predicted octanol–water partition coefficient (Wildman–Crippen LogP) is 1.92. The number of aromatic nitrogens is 3. The summed E-state index contributed by atoms with van der Waals surface area (Å²) in [6, 6.07) is 6.99. The summed E-state index contributed by atoms with van der Waals surface area (Å²) in [5.41, 5.74) is 6.81. The van der Waals surface area contributed by atoms with E-state index in [1.807, 2.05) is 11.4 Å². The van der Waals surface area contributed by atoms with Gasteiger partial charge in [0.2, 0.25) is 0 Å². The van der Waals surface area contributed by atoms with E-state index < -0.39 is 10.0 Å². The lowest BCUT2D eigenvalue weighted by atomic mass is 10.2. The minimum absolute atomic E-state index is 0.00132. The van der Waals surface area contributed by atoms with Gasteiger partial charge < -0.3 is 5.73 Å². The Bertz CT molecular complexity index is 855. The Balaban J connectivity index is 1.92. The number of rotatable bonds is 4. The quantitative estimate of drug-likeness (QED) is 0.679. The fraction of sp³-hybridized carbons (Fsp3) is 0. The molecule has 21 heavy (non-hydrogen) atoms. The third-order valence-corrected chi connectivity index (χ3v) is 4.95. The molecule has 0 aliphatic heterocycles. The second kappa shape index (κ2) is 5.19. The van der Waals surface area contributed by atoms with Gasteiger partial charge in [0.1, 0.15) is 15.7 Å². The molecule has 0 aliphatic carbocycles. The average Bonchev–Trinajstić information content (AvgIpc) is 3.09. The molecule has 9 heteroatoms. The third kappa shape index (κ3) is 2.73. The molecule has 0 radical (unpaired) electrons. The highest BCUT2D eigenvalue weighted by atomic mass is 32.2. The van der Waals surface area contributed by atoms with Gasteiger partial charge in [0.25, 0.3) is 10.0 Å². The fourth-order valence-corrected chi connectivity index (χ4v) is 3.50. The molecule has 0 spiro atoms. The van der Waals surface area contributed by atoms with Crippen LogP contribution in [0.25, 0.3) is 10.6 Å². The van der Waals surface area contributed by atoms with Gasteiger partial charge in [-0.25, -0.2) is 13.4 Å². The first-order valence-corrected chi connectivity index (χ1v) is 8.24. The van der Waals surface area contributed by atoms with Crippen LogP contribution in [0, 0.1) is 0 Å². The number of nitrogen functional groups attached to an aromatic ring is 1. The first-order valence-electron chi connectivity index (χ1n) is 5.88. The van der Waals surface area contributed by atoms with Crippen molar-refractivity contribution in [1.29, 1.82) is 0 Å². The second-order valence-corrected chi connectivity index (χ2v) is 6.72. The average molecular weight is 321 g/mol. The summed E-state index contributed by atoms with van der Waals surface area (Å²) in [6.45, 7) is 0. The zero-order chi connectivity index (χ0) is 14.9. The molecule has 7 nitrogen and oxygen atoms in total. The SMILES string of the molecule is Nc1[nH]ncc1S(=O)(=O)Nc1cccc(-c2nccs2)c1. The minimum atomic E-state index is -3.77. The number of nitrogens with one attached hydrogen (secondary N) is 2. The third-order valence-electron chi connectivity index (χ3n) is 2.72. The van der Waals surface area contributed by atoms with Crippen molar-refractivity contribution in [2.45, 2.75) is 4.90 Å². The second-order valence-electron chi connectivity index (χ2n) is 4.17. The number of anilines is 2. The van der Waals surface area contributed by atoms with Gasteiger partial charge in [-0.1, -0.05) is 12.1 Å². The Morgan fingerprint density at radius 2 is 2.19 bits per heavy atom. The molecule has 108 valence electrons. The molecule has 0 saturated heterocycles. The van der Waals surface area contributed by atoms with E-state index in [-0.39, 0.29) is 10.7 Å². The highest BCUT2D eigenvalue weighted by Gasteiger charge is 2.19. The van der Waals surface area contributed by atoms with Gasteiger partial charge in [0.15, 0.2) is 0 Å². The Kier molecular flexibility index (Phi) is 3.35. The minimum Gasteiger partial charge on any atom is -0.383 e. The molecule has 0 atom stereocenters. The Hall–Kier alpha value is -2.39. The van der Waals surface area contributed by atoms with Gasteiger partial charge in [-0.05, 0) is 12.1 Å². The van der Waals surface area contributed by atoms with Crippen molar-refractivity contribution in [2.24, 2.45) is 0 Å². The predicted molar refractivity (Wildman–Crippen MR) is 81.4 cm³/mol. The molecule has 0 saturated carbocycles. The maximum absolute atomic E-state index is 12.2. The normalized spacial score (nSPS) is 11.4. The highest BCUT2D eigenvalue weighted by molar-refractivity contribution is 7.92. The highest BCUT2D eigenvalue weighted by Crippen LogP contribution is 2.26. The number of benzene rings is 1. The summed E-state index contributed by atoms with van der Waals surface area (Å²) in [4.78, 5) is 4.11. The first kappa shape index (κ1) is 13.6. The van der Waals surface area contributed by atoms with Crippen molar-refractivity contribution in [1.82, 2.24) is 15.2 Å². The number of nitrogens with zero attached hydrogens (tertiary/aromatic N) is 2. The van der Waals surface area contributed by atoms with Crippen LogP contribution < -0.4 is 10.5 Å². The molecule has 0 amide bonds. The zero-order valence-corrected chi connectivity index (χ0v) is 12.3. The molecular weight excluding hydrogens is 310 g/mol. The Labute approximate surface area is 124 Å². The van der Waals surface area contributed by atoms with E-state index in [0.29, 0.717) is 5.69 Å². The van der Waals surface area contributed by atoms with Gasteiger partial charge in [-0.3, -0.25) is 9.82 Å². The topological polar surface area (TPSA) is 114 Å². The van der Waals surface area contributed by atoms with E-state index in [1.54, 1.807) is 24.4 Å². The number of thiazole rings is 1. The number of hydrogen-bond acceptors (Lipinski definition) is 6.